The van der Waals surface area contributed by atoms with Gasteiger partial charge in [-0.05, 0) is 23.8 Å². The lowest BCUT2D eigenvalue weighted by molar-refractivity contribution is 0.394. The Hall–Kier alpha value is -1.47. The number of rotatable bonds is 3. The Kier molecular flexibility index (Phi) is 4.72. The molecule has 6 heteroatoms. The largest absolute Gasteiger partial charge is 0.481 e. The first-order chi connectivity index (χ1) is 9.56. The van der Waals surface area contributed by atoms with Crippen LogP contribution in [-0.4, -0.2) is 12.1 Å². The summed E-state index contributed by atoms with van der Waals surface area (Å²) >= 11 is 18.0. The molecule has 0 saturated heterocycles. The minimum atomic E-state index is 0.207. The fourth-order valence-corrected chi connectivity index (χ4v) is 2.37. The minimum absolute atomic E-state index is 0.207. The van der Waals surface area contributed by atoms with E-state index in [2.05, 4.69) is 11.1 Å². The van der Waals surface area contributed by atoms with Gasteiger partial charge >= 0.3 is 0 Å². The van der Waals surface area contributed by atoms with Gasteiger partial charge in [0.05, 0.1) is 34.7 Å². The molecule has 0 fully saturated rings. The van der Waals surface area contributed by atoms with Crippen molar-refractivity contribution in [3.63, 3.8) is 0 Å². The van der Waals surface area contributed by atoms with Crippen LogP contribution in [0, 0.1) is 11.3 Å². The van der Waals surface area contributed by atoms with Gasteiger partial charge in [-0.2, -0.15) is 5.26 Å². The Balaban J connectivity index is 2.53. The van der Waals surface area contributed by atoms with Crippen molar-refractivity contribution in [2.45, 2.75) is 6.42 Å². The maximum atomic E-state index is 8.83. The van der Waals surface area contributed by atoms with Crippen molar-refractivity contribution >= 4 is 34.8 Å². The number of hydrogen-bond donors (Lipinski definition) is 0. The molecule has 0 radical (unpaired) electrons. The van der Waals surface area contributed by atoms with Crippen LogP contribution in [0.3, 0.4) is 0 Å². The number of benzene rings is 1. The zero-order valence-corrected chi connectivity index (χ0v) is 12.7. The molecule has 0 N–H and O–H groups in total. The summed E-state index contributed by atoms with van der Waals surface area (Å²) in [7, 11) is 1.51. The highest BCUT2D eigenvalue weighted by molar-refractivity contribution is 6.48. The highest BCUT2D eigenvalue weighted by Gasteiger charge is 2.11. The Morgan fingerprint density at radius 2 is 1.80 bits per heavy atom. The van der Waals surface area contributed by atoms with Crippen molar-refractivity contribution in [2.75, 3.05) is 7.11 Å². The van der Waals surface area contributed by atoms with Gasteiger partial charge in [-0.1, -0.05) is 34.8 Å². The lowest BCUT2D eigenvalue weighted by atomic mass is 10.0. The molecule has 0 saturated carbocycles. The highest BCUT2D eigenvalue weighted by atomic mass is 35.5. The Morgan fingerprint density at radius 3 is 2.35 bits per heavy atom. The fraction of sp³-hybridized carbons (Fsp3) is 0.143. The predicted octanol–water partition coefficient (Wildman–Crippen LogP) is 4.78. The summed E-state index contributed by atoms with van der Waals surface area (Å²) in [4.78, 5) is 4.18. The molecule has 0 unspecified atom stereocenters. The van der Waals surface area contributed by atoms with Gasteiger partial charge in [0.25, 0.3) is 0 Å². The maximum absolute atomic E-state index is 8.83. The molecule has 0 aliphatic heterocycles. The predicted molar refractivity (Wildman–Crippen MR) is 80.6 cm³/mol. The third kappa shape index (κ3) is 2.99. The molecular weight excluding hydrogens is 319 g/mol. The fourth-order valence-electron chi connectivity index (χ4n) is 1.77. The number of aromatic nitrogens is 1. The second-order valence-electron chi connectivity index (χ2n) is 3.98. The van der Waals surface area contributed by atoms with E-state index in [-0.39, 0.29) is 6.42 Å². The van der Waals surface area contributed by atoms with Crippen LogP contribution < -0.4 is 4.74 Å². The van der Waals surface area contributed by atoms with Crippen molar-refractivity contribution in [3.05, 3.63) is 45.0 Å². The van der Waals surface area contributed by atoms with Crippen LogP contribution in [0.4, 0.5) is 0 Å². The molecule has 2 aromatic rings. The normalized spacial score (nSPS) is 10.2. The Labute approximate surface area is 131 Å². The average molecular weight is 328 g/mol. The summed E-state index contributed by atoms with van der Waals surface area (Å²) < 4.78 is 5.12. The molecule has 0 bridgehead atoms. The summed E-state index contributed by atoms with van der Waals surface area (Å²) in [6.07, 6.45) is 1.84. The third-order valence-corrected chi connectivity index (χ3v) is 3.90. The van der Waals surface area contributed by atoms with Crippen molar-refractivity contribution in [1.82, 2.24) is 4.98 Å². The lowest BCUT2D eigenvalue weighted by Crippen LogP contribution is -1.95. The first kappa shape index (κ1) is 14.9. The van der Waals surface area contributed by atoms with Crippen LogP contribution in [0.1, 0.15) is 5.56 Å². The van der Waals surface area contributed by atoms with E-state index in [1.165, 1.54) is 7.11 Å². The molecule has 3 nitrogen and oxygen atoms in total. The number of halogens is 3. The lowest BCUT2D eigenvalue weighted by Gasteiger charge is -2.09. The van der Waals surface area contributed by atoms with Gasteiger partial charge in [0.15, 0.2) is 0 Å². The first-order valence-electron chi connectivity index (χ1n) is 5.61. The zero-order chi connectivity index (χ0) is 14.7. The van der Waals surface area contributed by atoms with Gasteiger partial charge in [0.1, 0.15) is 0 Å². The molecule has 2 rings (SSSR count). The second-order valence-corrected chi connectivity index (χ2v) is 5.17. The van der Waals surface area contributed by atoms with Gasteiger partial charge in [0.2, 0.25) is 5.88 Å². The smallest absolute Gasteiger partial charge is 0.217 e. The molecule has 0 aliphatic rings. The van der Waals surface area contributed by atoms with Crippen molar-refractivity contribution < 1.29 is 4.74 Å². The summed E-state index contributed by atoms with van der Waals surface area (Å²) in [6.45, 7) is 0. The van der Waals surface area contributed by atoms with Gasteiger partial charge < -0.3 is 4.74 Å². The molecule has 0 spiro atoms. The van der Waals surface area contributed by atoms with E-state index >= 15 is 0 Å². The monoisotopic (exact) mass is 326 g/mol. The number of nitrogens with zero attached hydrogens (tertiary/aromatic N) is 2. The number of ether oxygens (including phenoxy) is 1. The summed E-state index contributed by atoms with van der Waals surface area (Å²) in [5, 5.41) is 9.88. The van der Waals surface area contributed by atoms with Crippen LogP contribution in [0.5, 0.6) is 5.88 Å². The minimum Gasteiger partial charge on any atom is -0.481 e. The maximum Gasteiger partial charge on any atom is 0.217 e. The van der Waals surface area contributed by atoms with E-state index in [0.29, 0.717) is 26.5 Å². The SMILES string of the molecule is COc1ncc(-c2cc(Cl)c(Cl)c(Cl)c2)cc1CC#N. The number of nitriles is 1. The van der Waals surface area contributed by atoms with Gasteiger partial charge in [-0.15, -0.1) is 0 Å². The average Bonchev–Trinajstić information content (AvgIpc) is 2.44. The summed E-state index contributed by atoms with van der Waals surface area (Å²) in [5.41, 5.74) is 2.27. The Morgan fingerprint density at radius 1 is 1.15 bits per heavy atom. The first-order valence-corrected chi connectivity index (χ1v) is 6.75. The molecule has 0 atom stereocenters. The van der Waals surface area contributed by atoms with E-state index in [9.17, 15) is 0 Å². The number of pyridine rings is 1. The number of methoxy groups -OCH3 is 1. The third-order valence-electron chi connectivity index (χ3n) is 2.71. The standard InChI is InChI=1S/C14H9Cl3N2O/c1-20-14-8(2-3-18)4-10(7-19-14)9-5-11(15)13(17)12(16)6-9/h4-7H,2H2,1H3. The van der Waals surface area contributed by atoms with Crippen LogP contribution in [0.15, 0.2) is 24.4 Å². The molecule has 1 heterocycles. The van der Waals surface area contributed by atoms with E-state index in [4.69, 9.17) is 44.8 Å². The van der Waals surface area contributed by atoms with Crippen LogP contribution in [0.25, 0.3) is 11.1 Å². The van der Waals surface area contributed by atoms with E-state index in [1.807, 2.05) is 6.07 Å². The van der Waals surface area contributed by atoms with Crippen LogP contribution in [0.2, 0.25) is 15.1 Å². The highest BCUT2D eigenvalue weighted by Crippen LogP contribution is 2.35. The van der Waals surface area contributed by atoms with Gasteiger partial charge in [0, 0.05) is 17.3 Å². The van der Waals surface area contributed by atoms with E-state index in [0.717, 1.165) is 11.1 Å². The zero-order valence-electron chi connectivity index (χ0n) is 10.5. The molecular formula is C14H9Cl3N2O. The van der Waals surface area contributed by atoms with Crippen LogP contribution in [-0.2, 0) is 6.42 Å². The van der Waals surface area contributed by atoms with Crippen LogP contribution >= 0.6 is 34.8 Å². The topological polar surface area (TPSA) is 45.9 Å². The molecule has 0 aliphatic carbocycles. The summed E-state index contributed by atoms with van der Waals surface area (Å²) in [5.74, 6) is 0.432. The quantitative estimate of drug-likeness (QED) is 0.762. The van der Waals surface area contributed by atoms with Gasteiger partial charge in [-0.25, -0.2) is 4.98 Å². The second kappa shape index (κ2) is 6.32. The van der Waals surface area contributed by atoms with Crippen molar-refractivity contribution in [1.29, 1.82) is 5.26 Å². The van der Waals surface area contributed by atoms with E-state index < -0.39 is 0 Å². The number of hydrogen-bond acceptors (Lipinski definition) is 3. The molecule has 1 aromatic carbocycles. The molecule has 0 amide bonds. The molecule has 20 heavy (non-hydrogen) atoms. The van der Waals surface area contributed by atoms with Gasteiger partial charge in [-0.3, -0.25) is 0 Å². The molecule has 1 aromatic heterocycles. The molecule has 102 valence electrons. The summed E-state index contributed by atoms with van der Waals surface area (Å²) in [6, 6.07) is 7.31. The van der Waals surface area contributed by atoms with Crippen molar-refractivity contribution in [3.8, 4) is 23.1 Å². The Bertz CT molecular complexity index is 672. The van der Waals surface area contributed by atoms with E-state index in [1.54, 1.807) is 18.3 Å². The van der Waals surface area contributed by atoms with Crippen molar-refractivity contribution in [2.24, 2.45) is 0 Å².